The van der Waals surface area contributed by atoms with Crippen molar-refractivity contribution in [3.8, 4) is 17.2 Å². The van der Waals surface area contributed by atoms with Gasteiger partial charge in [0.15, 0.2) is 0 Å². The van der Waals surface area contributed by atoms with Crippen LogP contribution in [0.3, 0.4) is 0 Å². The van der Waals surface area contributed by atoms with Gasteiger partial charge in [-0.15, -0.1) is 0 Å². The number of benzene rings is 2. The fraction of sp³-hybridized carbons (Fsp3) is 0.0667. The molecule has 108 valence electrons. The quantitative estimate of drug-likeness (QED) is 0.750. The molecular weight excluding hydrogens is 274 g/mol. The first-order valence-corrected chi connectivity index (χ1v) is 5.98. The molecule has 0 aliphatic rings. The van der Waals surface area contributed by atoms with Crippen molar-refractivity contribution >= 4 is 17.9 Å². The summed E-state index contributed by atoms with van der Waals surface area (Å²) < 4.78 is 4.97. The third-order valence-corrected chi connectivity index (χ3v) is 2.80. The molecule has 0 radical (unpaired) electrons. The van der Waals surface area contributed by atoms with Crippen LogP contribution in [0, 0.1) is 0 Å². The first-order chi connectivity index (χ1) is 10.0. The Labute approximate surface area is 120 Å². The Kier molecular flexibility index (Phi) is 4.08. The van der Waals surface area contributed by atoms with E-state index >= 15 is 0 Å². The van der Waals surface area contributed by atoms with E-state index in [2.05, 4.69) is 4.99 Å². The van der Waals surface area contributed by atoms with Crippen molar-refractivity contribution in [2.24, 2.45) is 4.99 Å². The van der Waals surface area contributed by atoms with Crippen LogP contribution in [0.25, 0.3) is 0 Å². The van der Waals surface area contributed by atoms with Crippen molar-refractivity contribution in [1.29, 1.82) is 0 Å². The maximum atomic E-state index is 10.8. The molecule has 0 aromatic heterocycles. The summed E-state index contributed by atoms with van der Waals surface area (Å²) >= 11 is 0. The zero-order chi connectivity index (χ0) is 15.4. The van der Waals surface area contributed by atoms with E-state index in [-0.39, 0.29) is 17.1 Å². The Morgan fingerprint density at radius 3 is 2.48 bits per heavy atom. The van der Waals surface area contributed by atoms with Crippen LogP contribution in [-0.4, -0.2) is 34.6 Å². The summed E-state index contributed by atoms with van der Waals surface area (Å²) in [5.74, 6) is -1.05. The van der Waals surface area contributed by atoms with Crippen molar-refractivity contribution in [3.63, 3.8) is 0 Å². The molecule has 3 N–H and O–H groups in total. The van der Waals surface area contributed by atoms with Crippen molar-refractivity contribution in [3.05, 3.63) is 47.5 Å². The number of nitrogens with zero attached hydrogens (tertiary/aromatic N) is 1. The second-order valence-electron chi connectivity index (χ2n) is 4.19. The van der Waals surface area contributed by atoms with E-state index < -0.39 is 5.97 Å². The zero-order valence-electron chi connectivity index (χ0n) is 11.1. The molecule has 0 bridgehead atoms. The fourth-order valence-corrected chi connectivity index (χ4v) is 1.68. The number of hydrogen-bond acceptors (Lipinski definition) is 5. The van der Waals surface area contributed by atoms with E-state index in [1.165, 1.54) is 37.6 Å². The Bertz CT molecular complexity index is 709. The fourth-order valence-electron chi connectivity index (χ4n) is 1.68. The largest absolute Gasteiger partial charge is 0.507 e. The van der Waals surface area contributed by atoms with Crippen molar-refractivity contribution in [2.75, 3.05) is 7.11 Å². The Morgan fingerprint density at radius 2 is 1.90 bits per heavy atom. The molecule has 0 heterocycles. The number of rotatable bonds is 4. The van der Waals surface area contributed by atoms with Gasteiger partial charge in [-0.1, -0.05) is 0 Å². The average molecular weight is 287 g/mol. The maximum absolute atomic E-state index is 10.8. The summed E-state index contributed by atoms with van der Waals surface area (Å²) in [6, 6.07) is 8.71. The van der Waals surface area contributed by atoms with E-state index in [0.717, 1.165) is 0 Å². The summed E-state index contributed by atoms with van der Waals surface area (Å²) in [5.41, 5.74) is 0.645. The summed E-state index contributed by atoms with van der Waals surface area (Å²) in [7, 11) is 1.50. The lowest BCUT2D eigenvalue weighted by Gasteiger charge is -2.03. The van der Waals surface area contributed by atoms with E-state index in [4.69, 9.17) is 9.84 Å². The average Bonchev–Trinajstić information content (AvgIpc) is 2.45. The molecule has 0 fully saturated rings. The molecule has 0 aliphatic carbocycles. The highest BCUT2D eigenvalue weighted by molar-refractivity contribution is 5.92. The van der Waals surface area contributed by atoms with Crippen molar-refractivity contribution < 1.29 is 24.9 Å². The van der Waals surface area contributed by atoms with Gasteiger partial charge in [-0.2, -0.15) is 0 Å². The van der Waals surface area contributed by atoms with Crippen LogP contribution >= 0.6 is 0 Å². The van der Waals surface area contributed by atoms with Gasteiger partial charge in [0.2, 0.25) is 0 Å². The van der Waals surface area contributed by atoms with E-state index in [9.17, 15) is 15.0 Å². The number of carboxylic acid groups (broad SMARTS) is 1. The normalized spacial score (nSPS) is 10.7. The molecule has 0 spiro atoms. The molecule has 2 aromatic rings. The summed E-state index contributed by atoms with van der Waals surface area (Å²) in [4.78, 5) is 14.8. The zero-order valence-corrected chi connectivity index (χ0v) is 11.1. The molecule has 21 heavy (non-hydrogen) atoms. The van der Waals surface area contributed by atoms with Crippen molar-refractivity contribution in [2.45, 2.75) is 0 Å². The molecule has 2 rings (SSSR count). The van der Waals surface area contributed by atoms with E-state index in [1.807, 2.05) is 0 Å². The van der Waals surface area contributed by atoms with Gasteiger partial charge in [-0.05, 0) is 24.3 Å². The van der Waals surface area contributed by atoms with Gasteiger partial charge in [0.05, 0.1) is 12.8 Å². The lowest BCUT2D eigenvalue weighted by molar-refractivity contribution is 0.0694. The third kappa shape index (κ3) is 3.30. The van der Waals surface area contributed by atoms with Crippen molar-refractivity contribution in [1.82, 2.24) is 0 Å². The molecule has 6 heteroatoms. The van der Waals surface area contributed by atoms with Gasteiger partial charge in [-0.25, -0.2) is 4.79 Å². The van der Waals surface area contributed by atoms with Gasteiger partial charge in [0.25, 0.3) is 0 Å². The Balaban J connectivity index is 2.25. The number of aromatic carboxylic acids is 1. The highest BCUT2D eigenvalue weighted by Crippen LogP contribution is 2.25. The number of hydrogen-bond donors (Lipinski definition) is 3. The number of carboxylic acids is 1. The number of carbonyl (C=O) groups is 1. The van der Waals surface area contributed by atoms with Crippen LogP contribution in [0.15, 0.2) is 41.4 Å². The number of phenols is 2. The van der Waals surface area contributed by atoms with Gasteiger partial charge in [-0.3, -0.25) is 4.99 Å². The predicted molar refractivity (Wildman–Crippen MR) is 77.0 cm³/mol. The van der Waals surface area contributed by atoms with Crippen LogP contribution in [0.4, 0.5) is 5.69 Å². The van der Waals surface area contributed by atoms with Crippen LogP contribution in [0.1, 0.15) is 15.9 Å². The minimum absolute atomic E-state index is 0.00415. The van der Waals surface area contributed by atoms with E-state index in [0.29, 0.717) is 17.0 Å². The molecular formula is C15H13NO5. The van der Waals surface area contributed by atoms with Gasteiger partial charge >= 0.3 is 5.97 Å². The van der Waals surface area contributed by atoms with Gasteiger partial charge < -0.3 is 20.1 Å². The number of aliphatic imine (C=N–C) groups is 1. The minimum atomic E-state index is -1.21. The lowest BCUT2D eigenvalue weighted by Crippen LogP contribution is -1.95. The standard InChI is InChI=1S/C15H13NO5/c1-21-11-4-2-9(13(17)7-11)8-16-10-3-5-12(15(19)20)14(18)6-10/h2-8,17-18H,1H3,(H,19,20). The molecule has 0 saturated heterocycles. The second-order valence-corrected chi connectivity index (χ2v) is 4.19. The molecule has 0 unspecified atom stereocenters. The highest BCUT2D eigenvalue weighted by atomic mass is 16.5. The smallest absolute Gasteiger partial charge is 0.339 e. The number of ether oxygens (including phenoxy) is 1. The highest BCUT2D eigenvalue weighted by Gasteiger charge is 2.09. The topological polar surface area (TPSA) is 99.4 Å². The first kappa shape index (κ1) is 14.4. The molecule has 2 aromatic carbocycles. The second kappa shape index (κ2) is 5.96. The number of phenolic OH excluding ortho intramolecular Hbond substituents is 1. The summed E-state index contributed by atoms with van der Waals surface area (Å²) in [6.07, 6.45) is 1.41. The molecule has 0 saturated carbocycles. The van der Waals surface area contributed by atoms with Gasteiger partial charge in [0.1, 0.15) is 22.8 Å². The summed E-state index contributed by atoms with van der Waals surface area (Å²) in [6.45, 7) is 0. The Morgan fingerprint density at radius 1 is 1.14 bits per heavy atom. The van der Waals surface area contributed by atoms with E-state index in [1.54, 1.807) is 12.1 Å². The Hall–Kier alpha value is -3.02. The monoisotopic (exact) mass is 287 g/mol. The first-order valence-electron chi connectivity index (χ1n) is 5.98. The third-order valence-electron chi connectivity index (χ3n) is 2.80. The van der Waals surface area contributed by atoms with Gasteiger partial charge in [0, 0.05) is 23.9 Å². The summed E-state index contributed by atoms with van der Waals surface area (Å²) in [5, 5.41) is 28.1. The molecule has 0 amide bonds. The van der Waals surface area contributed by atoms with Crippen LogP contribution in [0.2, 0.25) is 0 Å². The van der Waals surface area contributed by atoms with Crippen LogP contribution < -0.4 is 4.74 Å². The maximum Gasteiger partial charge on any atom is 0.339 e. The molecule has 0 aliphatic heterocycles. The SMILES string of the molecule is COc1ccc(C=Nc2ccc(C(=O)O)c(O)c2)c(O)c1. The van der Waals surface area contributed by atoms with Crippen LogP contribution in [-0.2, 0) is 0 Å². The lowest BCUT2D eigenvalue weighted by atomic mass is 10.2. The van der Waals surface area contributed by atoms with Crippen LogP contribution in [0.5, 0.6) is 17.2 Å². The molecule has 6 nitrogen and oxygen atoms in total. The predicted octanol–water partition coefficient (Wildman–Crippen LogP) is 2.56. The minimum Gasteiger partial charge on any atom is -0.507 e. The molecule has 0 atom stereocenters. The number of methoxy groups -OCH3 is 1. The number of aromatic hydroxyl groups is 2.